The number of nitrogens with zero attached hydrogens (tertiary/aromatic N) is 4. The Labute approximate surface area is 174 Å². The Morgan fingerprint density at radius 3 is 2.61 bits per heavy atom. The molecule has 31 heavy (non-hydrogen) atoms. The third-order valence-corrected chi connectivity index (χ3v) is 6.03. The van der Waals surface area contributed by atoms with Gasteiger partial charge in [-0.2, -0.15) is 18.4 Å². The van der Waals surface area contributed by atoms with Gasteiger partial charge in [0.2, 0.25) is 5.91 Å². The summed E-state index contributed by atoms with van der Waals surface area (Å²) in [4.78, 5) is 14.9. The number of amides is 1. The second kappa shape index (κ2) is 7.72. The number of nitrogens with one attached hydrogen (secondary N) is 2. The van der Waals surface area contributed by atoms with E-state index in [1.807, 2.05) is 11.8 Å². The number of alkyl halides is 3. The predicted molar refractivity (Wildman–Crippen MR) is 99.0 cm³/mol. The highest BCUT2D eigenvalue weighted by Crippen LogP contribution is 2.50. The van der Waals surface area contributed by atoms with Crippen molar-refractivity contribution in [2.45, 2.75) is 50.2 Å². The van der Waals surface area contributed by atoms with Crippen molar-refractivity contribution < 1.29 is 26.7 Å². The Bertz CT molecular complexity index is 959. The van der Waals surface area contributed by atoms with E-state index in [2.05, 4.69) is 25.9 Å². The van der Waals surface area contributed by atoms with Crippen LogP contribution in [0.15, 0.2) is 12.1 Å². The fourth-order valence-electron chi connectivity index (χ4n) is 4.19. The highest BCUT2D eigenvalue weighted by Gasteiger charge is 2.54. The number of hydrogen-bond acceptors (Lipinski definition) is 5. The first-order chi connectivity index (χ1) is 14.6. The quantitative estimate of drug-likeness (QED) is 0.709. The van der Waals surface area contributed by atoms with Crippen LogP contribution < -0.4 is 10.2 Å². The topological polar surface area (TPSA) is 86.8 Å². The van der Waals surface area contributed by atoms with Crippen LogP contribution in [0.3, 0.4) is 0 Å². The summed E-state index contributed by atoms with van der Waals surface area (Å²) in [6.07, 6.45) is -3.06. The summed E-state index contributed by atoms with van der Waals surface area (Å²) in [7, 11) is 0. The summed E-state index contributed by atoms with van der Waals surface area (Å²) in [5.41, 5.74) is -3.38. The second-order valence-electron chi connectivity index (χ2n) is 8.35. The zero-order chi connectivity index (χ0) is 22.4. The largest absolute Gasteiger partial charge is 0.419 e. The highest BCUT2D eigenvalue weighted by molar-refractivity contribution is 5.91. The van der Waals surface area contributed by atoms with Gasteiger partial charge in [-0.05, 0) is 48.9 Å². The minimum Gasteiger partial charge on any atom is -0.351 e. The summed E-state index contributed by atoms with van der Waals surface area (Å²) in [5.74, 6) is -2.67. The van der Waals surface area contributed by atoms with Crippen LogP contribution in [-0.2, 0) is 16.4 Å². The van der Waals surface area contributed by atoms with Crippen molar-refractivity contribution in [1.82, 2.24) is 25.9 Å². The maximum absolute atomic E-state index is 14.5. The van der Waals surface area contributed by atoms with Gasteiger partial charge in [0.1, 0.15) is 11.6 Å². The smallest absolute Gasteiger partial charge is 0.351 e. The lowest BCUT2D eigenvalue weighted by Gasteiger charge is -2.26. The third-order valence-electron chi connectivity index (χ3n) is 6.03. The van der Waals surface area contributed by atoms with E-state index in [0.29, 0.717) is 31.5 Å². The number of H-pyrrole nitrogens is 1. The Morgan fingerprint density at radius 2 is 2.00 bits per heavy atom. The lowest BCUT2D eigenvalue weighted by molar-refractivity contribution is -0.140. The zero-order valence-corrected chi connectivity index (χ0v) is 16.6. The van der Waals surface area contributed by atoms with E-state index in [0.717, 1.165) is 6.42 Å². The average molecular weight is 444 g/mol. The van der Waals surface area contributed by atoms with Crippen molar-refractivity contribution >= 4 is 11.9 Å². The Balaban J connectivity index is 1.54. The van der Waals surface area contributed by atoms with Gasteiger partial charge in [0.05, 0.1) is 11.0 Å². The van der Waals surface area contributed by atoms with Crippen molar-refractivity contribution in [3.63, 3.8) is 0 Å². The summed E-state index contributed by atoms with van der Waals surface area (Å²) in [6, 6.07) is 0.318. The van der Waals surface area contributed by atoms with Gasteiger partial charge < -0.3 is 10.2 Å². The molecule has 0 radical (unpaired) electrons. The molecule has 1 aliphatic heterocycles. The summed E-state index contributed by atoms with van der Waals surface area (Å²) < 4.78 is 67.2. The van der Waals surface area contributed by atoms with Crippen molar-refractivity contribution in [3.8, 4) is 0 Å². The second-order valence-corrected chi connectivity index (χ2v) is 8.35. The molecule has 1 saturated carbocycles. The standard InChI is InChI=1S/C19H21F5N6O/c1-10-2-5-30(17-26-28-29-27-17)9-11(6-10)25-16(31)18(3-4-18)12-7-15(21)13(8-14(12)20)19(22,23)24/h7-8,10-11H,2-6,9H2,1H3,(H,25,31)(H,26,27,28,29). The lowest BCUT2D eigenvalue weighted by atomic mass is 9.92. The molecule has 7 nitrogen and oxygen atoms in total. The molecule has 2 aromatic rings. The number of halogens is 5. The van der Waals surface area contributed by atoms with E-state index in [-0.39, 0.29) is 36.4 Å². The molecule has 12 heteroatoms. The molecule has 1 amide bonds. The van der Waals surface area contributed by atoms with E-state index in [4.69, 9.17) is 0 Å². The van der Waals surface area contributed by atoms with E-state index in [1.54, 1.807) is 0 Å². The molecule has 2 unspecified atom stereocenters. The molecule has 2 heterocycles. The maximum atomic E-state index is 14.5. The highest BCUT2D eigenvalue weighted by atomic mass is 19.4. The molecule has 2 fully saturated rings. The number of hydrogen-bond donors (Lipinski definition) is 2. The summed E-state index contributed by atoms with van der Waals surface area (Å²) >= 11 is 0. The molecule has 168 valence electrons. The number of tetrazole rings is 1. The molecule has 1 aromatic heterocycles. The number of rotatable bonds is 4. The van der Waals surface area contributed by atoms with Crippen LogP contribution in [0.25, 0.3) is 0 Å². The van der Waals surface area contributed by atoms with Gasteiger partial charge in [-0.3, -0.25) is 4.79 Å². The number of anilines is 1. The Morgan fingerprint density at radius 1 is 1.26 bits per heavy atom. The summed E-state index contributed by atoms with van der Waals surface area (Å²) in [5, 5.41) is 16.7. The molecule has 0 bridgehead atoms. The van der Waals surface area contributed by atoms with Gasteiger partial charge in [-0.15, -0.1) is 5.10 Å². The van der Waals surface area contributed by atoms with Crippen molar-refractivity contribution in [2.24, 2.45) is 5.92 Å². The molecule has 0 spiro atoms. The van der Waals surface area contributed by atoms with Gasteiger partial charge in [0.25, 0.3) is 5.95 Å². The van der Waals surface area contributed by atoms with Crippen LogP contribution in [0.4, 0.5) is 27.9 Å². The summed E-state index contributed by atoms with van der Waals surface area (Å²) in [6.45, 7) is 3.10. The normalized spacial score (nSPS) is 23.4. The molecule has 4 rings (SSSR count). The molecule has 1 saturated heterocycles. The van der Waals surface area contributed by atoms with Gasteiger partial charge in [-0.25, -0.2) is 8.78 Å². The predicted octanol–water partition coefficient (Wildman–Crippen LogP) is 2.95. The van der Waals surface area contributed by atoms with Gasteiger partial charge in [-0.1, -0.05) is 12.0 Å². The number of carbonyl (C=O) groups is 1. The number of aromatic amines is 1. The van der Waals surface area contributed by atoms with Crippen molar-refractivity contribution in [1.29, 1.82) is 0 Å². The fourth-order valence-corrected chi connectivity index (χ4v) is 4.19. The number of aromatic nitrogens is 4. The van der Waals surface area contributed by atoms with E-state index in [1.165, 1.54) is 0 Å². The van der Waals surface area contributed by atoms with Gasteiger partial charge in [0, 0.05) is 24.7 Å². The van der Waals surface area contributed by atoms with Crippen molar-refractivity contribution in [3.05, 3.63) is 34.9 Å². The van der Waals surface area contributed by atoms with Crippen LogP contribution in [0.2, 0.25) is 0 Å². The van der Waals surface area contributed by atoms with Crippen LogP contribution in [0.5, 0.6) is 0 Å². The van der Waals surface area contributed by atoms with E-state index < -0.39 is 34.7 Å². The monoisotopic (exact) mass is 444 g/mol. The first kappa shape index (κ1) is 21.4. The SMILES string of the molecule is CC1CCN(c2nn[nH]n2)CC(NC(=O)C2(c3cc(F)c(C(F)(F)F)cc3F)CC2)C1. The molecule has 1 aliphatic carbocycles. The molecule has 2 N–H and O–H groups in total. The molecule has 1 aromatic carbocycles. The third kappa shape index (κ3) is 4.19. The number of benzene rings is 1. The van der Waals surface area contributed by atoms with E-state index in [9.17, 15) is 26.7 Å². The first-order valence-electron chi connectivity index (χ1n) is 9.96. The first-order valence-corrected chi connectivity index (χ1v) is 9.96. The molecule has 2 aliphatic rings. The number of carbonyl (C=O) groups excluding carboxylic acids is 1. The molecule has 2 atom stereocenters. The van der Waals surface area contributed by atoms with Crippen molar-refractivity contribution in [2.75, 3.05) is 18.0 Å². The fraction of sp³-hybridized carbons (Fsp3) is 0.579. The van der Waals surface area contributed by atoms with Crippen LogP contribution in [-0.4, -0.2) is 45.7 Å². The Kier molecular flexibility index (Phi) is 5.34. The maximum Gasteiger partial charge on any atom is 0.419 e. The van der Waals surface area contributed by atoms with E-state index >= 15 is 0 Å². The zero-order valence-electron chi connectivity index (χ0n) is 16.6. The van der Waals surface area contributed by atoms with Gasteiger partial charge in [0.15, 0.2) is 0 Å². The molecular formula is C19H21F5N6O. The minimum absolute atomic E-state index is 0.129. The average Bonchev–Trinajstić information content (AvgIpc) is 3.36. The molecular weight excluding hydrogens is 423 g/mol. The van der Waals surface area contributed by atoms with Gasteiger partial charge >= 0.3 is 6.18 Å². The Hall–Kier alpha value is -2.79. The van der Waals surface area contributed by atoms with Crippen LogP contribution in [0.1, 0.15) is 43.7 Å². The van der Waals surface area contributed by atoms with Crippen LogP contribution >= 0.6 is 0 Å². The minimum atomic E-state index is -5.02. The van der Waals surface area contributed by atoms with Crippen LogP contribution in [0, 0.1) is 17.6 Å². The lowest BCUT2D eigenvalue weighted by Crippen LogP contribution is -2.47.